The molecule has 26 heavy (non-hydrogen) atoms. The van der Waals surface area contributed by atoms with E-state index in [1.54, 1.807) is 11.9 Å². The van der Waals surface area contributed by atoms with Crippen LogP contribution in [0.4, 0.5) is 22.0 Å². The van der Waals surface area contributed by atoms with Gasteiger partial charge >= 0.3 is 12.1 Å². The van der Waals surface area contributed by atoms with E-state index >= 15 is 0 Å². The number of likely N-dealkylation sites (tertiary alicyclic amines) is 1. The Morgan fingerprint density at radius 1 is 1.35 bits per heavy atom. The Morgan fingerprint density at radius 3 is 2.42 bits per heavy atom. The minimum atomic E-state index is -4.87. The summed E-state index contributed by atoms with van der Waals surface area (Å²) in [6, 6.07) is -2.45. The number of halogens is 5. The van der Waals surface area contributed by atoms with Crippen LogP contribution in [-0.4, -0.2) is 53.9 Å². The second kappa shape index (κ2) is 6.66. The molecule has 9 heteroatoms. The quantitative estimate of drug-likeness (QED) is 0.758. The number of nitrogens with zero attached hydrogens (tertiary/aromatic N) is 2. The summed E-state index contributed by atoms with van der Waals surface area (Å²) in [6.07, 6.45) is -5.70. The summed E-state index contributed by atoms with van der Waals surface area (Å²) in [6.45, 7) is 0.536. The molecule has 1 unspecified atom stereocenters. The third kappa shape index (κ3) is 3.48. The number of aliphatic carboxylic acids is 1. The Kier molecular flexibility index (Phi) is 4.83. The summed E-state index contributed by atoms with van der Waals surface area (Å²) in [5, 5.41) is 9.49. The standard InChI is InChI=1S/C17H19F5N2O2/c1-24-6-2-3-10(24)11-9(7-8-4-5-8)12(16(25)26)13(15(18)19)23-14(11)17(20,21)22/h8,14-15H,2-7H2,1H3,(H,25,26). The van der Waals surface area contributed by atoms with Gasteiger partial charge in [-0.25, -0.2) is 13.6 Å². The molecular formula is C17H19F5N2O2. The molecule has 0 spiro atoms. The zero-order chi connectivity index (χ0) is 19.2. The van der Waals surface area contributed by atoms with E-state index in [1.807, 2.05) is 0 Å². The van der Waals surface area contributed by atoms with Crippen molar-refractivity contribution in [1.82, 2.24) is 4.90 Å². The van der Waals surface area contributed by atoms with Crippen molar-refractivity contribution in [2.75, 3.05) is 13.6 Å². The normalized spacial score (nSPS) is 27.4. The molecule has 144 valence electrons. The molecule has 2 heterocycles. The third-order valence-electron chi connectivity index (χ3n) is 5.02. The first-order chi connectivity index (χ1) is 12.1. The average Bonchev–Trinajstić information content (AvgIpc) is 3.24. The summed E-state index contributed by atoms with van der Waals surface area (Å²) in [7, 11) is 1.63. The van der Waals surface area contributed by atoms with Gasteiger partial charge in [0.1, 0.15) is 5.71 Å². The fourth-order valence-electron chi connectivity index (χ4n) is 3.67. The second-order valence-corrected chi connectivity index (χ2v) is 6.95. The molecule has 1 atom stereocenters. The Labute approximate surface area is 147 Å². The predicted molar refractivity (Wildman–Crippen MR) is 84.2 cm³/mol. The van der Waals surface area contributed by atoms with Gasteiger partial charge in [0.15, 0.2) is 6.04 Å². The van der Waals surface area contributed by atoms with E-state index in [2.05, 4.69) is 4.99 Å². The van der Waals surface area contributed by atoms with Crippen LogP contribution in [-0.2, 0) is 4.79 Å². The number of carboxylic acid groups (broad SMARTS) is 1. The van der Waals surface area contributed by atoms with E-state index < -0.39 is 35.9 Å². The molecule has 0 radical (unpaired) electrons. The molecule has 3 rings (SSSR count). The minimum absolute atomic E-state index is 0.0348. The first-order valence-corrected chi connectivity index (χ1v) is 8.45. The highest BCUT2D eigenvalue weighted by Crippen LogP contribution is 2.46. The van der Waals surface area contributed by atoms with Crippen LogP contribution in [0.15, 0.2) is 27.4 Å². The van der Waals surface area contributed by atoms with Gasteiger partial charge in [0.05, 0.1) is 5.57 Å². The van der Waals surface area contributed by atoms with Crippen molar-refractivity contribution >= 4 is 11.7 Å². The molecule has 0 bridgehead atoms. The van der Waals surface area contributed by atoms with Crippen LogP contribution in [0.1, 0.15) is 32.1 Å². The van der Waals surface area contributed by atoms with E-state index in [0.717, 1.165) is 12.8 Å². The first kappa shape index (κ1) is 18.8. The van der Waals surface area contributed by atoms with E-state index in [1.165, 1.54) is 0 Å². The van der Waals surface area contributed by atoms with E-state index in [9.17, 15) is 31.9 Å². The Bertz CT molecular complexity index is 704. The van der Waals surface area contributed by atoms with Gasteiger partial charge in [0.25, 0.3) is 6.43 Å². The van der Waals surface area contributed by atoms with Gasteiger partial charge in [0.2, 0.25) is 0 Å². The topological polar surface area (TPSA) is 52.9 Å². The molecule has 1 saturated heterocycles. The number of carbonyl (C=O) groups is 1. The smallest absolute Gasteiger partial charge is 0.415 e. The molecule has 0 aromatic carbocycles. The lowest BCUT2D eigenvalue weighted by Crippen LogP contribution is -2.39. The maximum Gasteiger partial charge on any atom is 0.415 e. The number of alkyl halides is 5. The SMILES string of the molecule is CN1CCCC1=C1C(CC2CC2)=C(C(=O)O)C(C(F)F)=NC1C(F)(F)F. The number of carboxylic acids is 1. The van der Waals surface area contributed by atoms with Crippen molar-refractivity contribution in [2.45, 2.75) is 50.7 Å². The molecule has 1 N–H and O–H groups in total. The monoisotopic (exact) mass is 378 g/mol. The summed E-state index contributed by atoms with van der Waals surface area (Å²) in [5.41, 5.74) is -2.00. The molecule has 0 aromatic rings. The fraction of sp³-hybridized carbons (Fsp3) is 0.647. The number of dihydropyridines is 1. The Hall–Kier alpha value is -1.93. The minimum Gasteiger partial charge on any atom is -0.478 e. The van der Waals surface area contributed by atoms with Gasteiger partial charge in [0, 0.05) is 24.9 Å². The van der Waals surface area contributed by atoms with Crippen LogP contribution in [0.2, 0.25) is 0 Å². The lowest BCUT2D eigenvalue weighted by atomic mass is 9.83. The highest BCUT2D eigenvalue weighted by molar-refractivity contribution is 6.22. The number of allylic oxidation sites excluding steroid dienone is 1. The van der Waals surface area contributed by atoms with Crippen molar-refractivity contribution in [2.24, 2.45) is 10.9 Å². The van der Waals surface area contributed by atoms with Crippen LogP contribution < -0.4 is 0 Å². The molecule has 0 amide bonds. The maximum atomic E-state index is 13.7. The number of hydrogen-bond donors (Lipinski definition) is 1. The molecule has 4 nitrogen and oxygen atoms in total. The van der Waals surface area contributed by atoms with Gasteiger partial charge in [-0.05, 0) is 43.6 Å². The summed E-state index contributed by atoms with van der Waals surface area (Å²) >= 11 is 0. The predicted octanol–water partition coefficient (Wildman–Crippen LogP) is 3.80. The van der Waals surface area contributed by atoms with Crippen LogP contribution in [0, 0.1) is 5.92 Å². The Morgan fingerprint density at radius 2 is 2.00 bits per heavy atom. The van der Waals surface area contributed by atoms with E-state index in [0.29, 0.717) is 25.1 Å². The van der Waals surface area contributed by atoms with Crippen molar-refractivity contribution in [3.63, 3.8) is 0 Å². The highest BCUT2D eigenvalue weighted by atomic mass is 19.4. The van der Waals surface area contributed by atoms with Crippen LogP contribution in [0.5, 0.6) is 0 Å². The molecular weight excluding hydrogens is 359 g/mol. The maximum absolute atomic E-state index is 13.7. The first-order valence-electron chi connectivity index (χ1n) is 8.45. The lowest BCUT2D eigenvalue weighted by molar-refractivity contribution is -0.139. The largest absolute Gasteiger partial charge is 0.478 e. The molecule has 3 aliphatic rings. The summed E-state index contributed by atoms with van der Waals surface area (Å²) in [5.74, 6) is -1.62. The van der Waals surface area contributed by atoms with E-state index in [4.69, 9.17) is 0 Å². The molecule has 2 aliphatic heterocycles. The van der Waals surface area contributed by atoms with E-state index in [-0.39, 0.29) is 23.5 Å². The second-order valence-electron chi connectivity index (χ2n) is 6.95. The number of hydrogen-bond acceptors (Lipinski definition) is 3. The van der Waals surface area contributed by atoms with Gasteiger partial charge in [-0.15, -0.1) is 0 Å². The van der Waals surface area contributed by atoms with Gasteiger partial charge in [-0.1, -0.05) is 0 Å². The fourth-order valence-corrected chi connectivity index (χ4v) is 3.67. The number of rotatable bonds is 4. The summed E-state index contributed by atoms with van der Waals surface area (Å²) < 4.78 is 67.8. The van der Waals surface area contributed by atoms with Crippen LogP contribution >= 0.6 is 0 Å². The van der Waals surface area contributed by atoms with Crippen LogP contribution in [0.25, 0.3) is 0 Å². The molecule has 0 aromatic heterocycles. The van der Waals surface area contributed by atoms with Crippen molar-refractivity contribution in [3.8, 4) is 0 Å². The Balaban J connectivity index is 2.27. The van der Waals surface area contributed by atoms with Crippen molar-refractivity contribution < 1.29 is 31.9 Å². The molecule has 1 saturated carbocycles. The van der Waals surface area contributed by atoms with Crippen molar-refractivity contribution in [3.05, 3.63) is 22.4 Å². The van der Waals surface area contributed by atoms with Crippen LogP contribution in [0.3, 0.4) is 0 Å². The zero-order valence-electron chi connectivity index (χ0n) is 14.1. The summed E-state index contributed by atoms with van der Waals surface area (Å²) in [4.78, 5) is 16.5. The average molecular weight is 378 g/mol. The molecule has 2 fully saturated rings. The lowest BCUT2D eigenvalue weighted by Gasteiger charge is -2.32. The zero-order valence-corrected chi connectivity index (χ0v) is 14.1. The number of aliphatic imine (C=N–C) groups is 1. The molecule has 1 aliphatic carbocycles. The van der Waals surface area contributed by atoms with Gasteiger partial charge < -0.3 is 10.0 Å². The van der Waals surface area contributed by atoms with Gasteiger partial charge in [-0.3, -0.25) is 4.99 Å². The highest BCUT2D eigenvalue weighted by Gasteiger charge is 2.50. The van der Waals surface area contributed by atoms with Gasteiger partial charge in [-0.2, -0.15) is 13.2 Å². The third-order valence-corrected chi connectivity index (χ3v) is 5.02. The van der Waals surface area contributed by atoms with Crippen molar-refractivity contribution in [1.29, 1.82) is 0 Å².